The van der Waals surface area contributed by atoms with Gasteiger partial charge >= 0.3 is 16.3 Å². The lowest BCUT2D eigenvalue weighted by molar-refractivity contribution is -0.144. The van der Waals surface area contributed by atoms with E-state index in [4.69, 9.17) is 4.55 Å². The number of hydrogen-bond acceptors (Lipinski definition) is 6. The molecule has 0 atom stereocenters. The highest BCUT2D eigenvalue weighted by Crippen LogP contribution is 2.35. The zero-order chi connectivity index (χ0) is 18.2. The largest absolute Gasteiger partial charge is 0.453 e. The zero-order valence-corrected chi connectivity index (χ0v) is 13.6. The first-order chi connectivity index (χ1) is 11.7. The van der Waals surface area contributed by atoms with E-state index in [1.807, 2.05) is 0 Å². The summed E-state index contributed by atoms with van der Waals surface area (Å²) in [6.07, 6.45) is -0.562. The Morgan fingerprint density at radius 3 is 2.32 bits per heavy atom. The van der Waals surface area contributed by atoms with Crippen LogP contribution in [-0.4, -0.2) is 37.9 Å². The first-order valence-electron chi connectivity index (χ1n) is 7.52. The fourth-order valence-corrected chi connectivity index (χ4v) is 3.19. The van der Waals surface area contributed by atoms with Gasteiger partial charge in [-0.15, -0.1) is 15.3 Å². The van der Waals surface area contributed by atoms with Crippen LogP contribution in [0.3, 0.4) is 0 Å². The third-order valence-corrected chi connectivity index (χ3v) is 4.71. The standard InChI is InChI=1S/C13H14F3N5O3S/c14-13(15,16)12-17-11(8-4-2-1-3-5-8)21(20-12)9-6-7-10(19-18-9)25(22,23)24/h6-8H,1-5H2,(H,22,23,24). The van der Waals surface area contributed by atoms with Gasteiger partial charge in [-0.3, -0.25) is 4.55 Å². The van der Waals surface area contributed by atoms with Crippen molar-refractivity contribution < 1.29 is 26.1 Å². The van der Waals surface area contributed by atoms with E-state index in [0.717, 1.165) is 36.1 Å². The number of nitrogens with zero attached hydrogens (tertiary/aromatic N) is 5. The molecule has 1 N–H and O–H groups in total. The van der Waals surface area contributed by atoms with Gasteiger partial charge < -0.3 is 0 Å². The molecule has 0 bridgehead atoms. The SMILES string of the molecule is O=S(=O)(O)c1ccc(-n2nc(C(F)(F)F)nc2C2CCCCC2)nn1. The topological polar surface area (TPSA) is 111 Å². The van der Waals surface area contributed by atoms with E-state index >= 15 is 0 Å². The summed E-state index contributed by atoms with van der Waals surface area (Å²) in [7, 11) is -4.55. The summed E-state index contributed by atoms with van der Waals surface area (Å²) in [5, 5.41) is 9.68. The molecule has 2 heterocycles. The molecule has 3 rings (SSSR count). The Hall–Kier alpha value is -2.08. The van der Waals surface area contributed by atoms with Crippen molar-refractivity contribution in [1.29, 1.82) is 0 Å². The summed E-state index contributed by atoms with van der Waals surface area (Å²) in [6.45, 7) is 0. The number of hydrogen-bond donors (Lipinski definition) is 1. The van der Waals surface area contributed by atoms with Gasteiger partial charge in [0.1, 0.15) is 5.82 Å². The molecule has 2 aromatic rings. The molecule has 0 radical (unpaired) electrons. The van der Waals surface area contributed by atoms with E-state index in [-0.39, 0.29) is 17.6 Å². The summed E-state index contributed by atoms with van der Waals surface area (Å²) >= 11 is 0. The molecule has 1 fully saturated rings. The van der Waals surface area contributed by atoms with Crippen LogP contribution in [0, 0.1) is 0 Å². The molecule has 0 unspecified atom stereocenters. The maximum absolute atomic E-state index is 13.0. The van der Waals surface area contributed by atoms with E-state index in [9.17, 15) is 21.6 Å². The van der Waals surface area contributed by atoms with Gasteiger partial charge in [-0.25, -0.2) is 4.98 Å². The molecule has 1 aliphatic carbocycles. The average Bonchev–Trinajstić information content (AvgIpc) is 3.00. The van der Waals surface area contributed by atoms with Crippen LogP contribution in [0.2, 0.25) is 0 Å². The first-order valence-corrected chi connectivity index (χ1v) is 8.96. The quantitative estimate of drug-likeness (QED) is 0.818. The second kappa shape index (κ2) is 6.33. The molecule has 1 saturated carbocycles. The monoisotopic (exact) mass is 377 g/mol. The average molecular weight is 377 g/mol. The molecule has 25 heavy (non-hydrogen) atoms. The van der Waals surface area contributed by atoms with E-state index in [2.05, 4.69) is 20.3 Å². The maximum atomic E-state index is 13.0. The molecule has 0 amide bonds. The van der Waals surface area contributed by atoms with Gasteiger partial charge in [-0.1, -0.05) is 19.3 Å². The minimum Gasteiger partial charge on any atom is -0.281 e. The minimum absolute atomic E-state index is 0.101. The summed E-state index contributed by atoms with van der Waals surface area (Å²) in [6, 6.07) is 2.06. The second-order valence-corrected chi connectivity index (χ2v) is 7.11. The van der Waals surface area contributed by atoms with Gasteiger partial charge in [-0.05, 0) is 25.0 Å². The van der Waals surface area contributed by atoms with Gasteiger partial charge in [0.25, 0.3) is 5.82 Å². The first kappa shape index (κ1) is 17.7. The van der Waals surface area contributed by atoms with Crippen molar-refractivity contribution in [3.8, 4) is 5.82 Å². The number of aromatic nitrogens is 5. The molecular formula is C13H14F3N5O3S. The van der Waals surface area contributed by atoms with E-state index < -0.39 is 27.1 Å². The number of rotatable bonds is 3. The van der Waals surface area contributed by atoms with Crippen molar-refractivity contribution >= 4 is 10.1 Å². The van der Waals surface area contributed by atoms with Gasteiger partial charge in [0.05, 0.1) is 0 Å². The fraction of sp³-hybridized carbons (Fsp3) is 0.538. The van der Waals surface area contributed by atoms with Gasteiger partial charge in [0.2, 0.25) is 5.03 Å². The zero-order valence-electron chi connectivity index (χ0n) is 12.8. The normalized spacial score (nSPS) is 17.0. The van der Waals surface area contributed by atoms with Gasteiger partial charge in [0.15, 0.2) is 5.82 Å². The smallest absolute Gasteiger partial charge is 0.281 e. The van der Waals surface area contributed by atoms with Crippen LogP contribution in [0.1, 0.15) is 49.7 Å². The molecule has 8 nitrogen and oxygen atoms in total. The van der Waals surface area contributed by atoms with Gasteiger partial charge in [-0.2, -0.15) is 26.3 Å². The van der Waals surface area contributed by atoms with Crippen LogP contribution in [0.25, 0.3) is 5.82 Å². The lowest BCUT2D eigenvalue weighted by Gasteiger charge is -2.20. The van der Waals surface area contributed by atoms with Crippen molar-refractivity contribution in [2.24, 2.45) is 0 Å². The Labute approximate surface area is 140 Å². The highest BCUT2D eigenvalue weighted by Gasteiger charge is 2.38. The summed E-state index contributed by atoms with van der Waals surface area (Å²) in [4.78, 5) is 3.64. The van der Waals surface area contributed by atoms with Crippen LogP contribution in [-0.2, 0) is 16.3 Å². The predicted octanol–water partition coefficient (Wildman–Crippen LogP) is 2.37. The Kier molecular flexibility index (Phi) is 4.49. The molecule has 0 spiro atoms. The van der Waals surface area contributed by atoms with Crippen LogP contribution in [0.15, 0.2) is 17.2 Å². The molecule has 0 aromatic carbocycles. The molecule has 136 valence electrons. The van der Waals surface area contributed by atoms with Crippen molar-refractivity contribution in [3.63, 3.8) is 0 Å². The number of alkyl halides is 3. The summed E-state index contributed by atoms with van der Waals surface area (Å²) in [5.74, 6) is -1.45. The molecule has 12 heteroatoms. The second-order valence-electron chi connectivity index (χ2n) is 5.74. The van der Waals surface area contributed by atoms with E-state index in [1.165, 1.54) is 0 Å². The summed E-state index contributed by atoms with van der Waals surface area (Å²) < 4.78 is 70.8. The Morgan fingerprint density at radius 1 is 1.12 bits per heavy atom. The highest BCUT2D eigenvalue weighted by molar-refractivity contribution is 7.85. The highest BCUT2D eigenvalue weighted by atomic mass is 32.2. The predicted molar refractivity (Wildman–Crippen MR) is 77.6 cm³/mol. The van der Waals surface area contributed by atoms with Crippen LogP contribution in [0.5, 0.6) is 0 Å². The van der Waals surface area contributed by atoms with Crippen LogP contribution in [0.4, 0.5) is 13.2 Å². The Balaban J connectivity index is 2.05. The molecule has 0 saturated heterocycles. The Bertz CT molecular complexity index is 858. The molecule has 2 aromatic heterocycles. The summed E-state index contributed by atoms with van der Waals surface area (Å²) in [5.41, 5.74) is 0. The lowest BCUT2D eigenvalue weighted by atomic mass is 9.88. The molecular weight excluding hydrogens is 363 g/mol. The third-order valence-electron chi connectivity index (χ3n) is 3.96. The Morgan fingerprint density at radius 2 is 1.80 bits per heavy atom. The van der Waals surface area contributed by atoms with Crippen molar-refractivity contribution in [2.75, 3.05) is 0 Å². The lowest BCUT2D eigenvalue weighted by Crippen LogP contribution is -2.14. The van der Waals surface area contributed by atoms with Gasteiger partial charge in [0, 0.05) is 5.92 Å². The van der Waals surface area contributed by atoms with Crippen molar-refractivity contribution in [1.82, 2.24) is 25.0 Å². The van der Waals surface area contributed by atoms with Crippen molar-refractivity contribution in [2.45, 2.75) is 49.2 Å². The van der Waals surface area contributed by atoms with Crippen LogP contribution < -0.4 is 0 Å². The third kappa shape index (κ3) is 3.79. The van der Waals surface area contributed by atoms with Crippen LogP contribution >= 0.6 is 0 Å². The molecule has 0 aliphatic heterocycles. The van der Waals surface area contributed by atoms with E-state index in [0.29, 0.717) is 12.8 Å². The fourth-order valence-electron chi connectivity index (χ4n) is 2.80. The maximum Gasteiger partial charge on any atom is 0.453 e. The molecule has 1 aliphatic rings. The van der Waals surface area contributed by atoms with E-state index in [1.54, 1.807) is 0 Å². The van der Waals surface area contributed by atoms with Crippen molar-refractivity contribution in [3.05, 3.63) is 23.8 Å². The minimum atomic E-state index is -4.71. The number of halogens is 3.